The summed E-state index contributed by atoms with van der Waals surface area (Å²) in [7, 11) is 1.80. The van der Waals surface area contributed by atoms with Crippen molar-refractivity contribution in [3.8, 4) is 0 Å². The predicted octanol–water partition coefficient (Wildman–Crippen LogP) is 3.23. The van der Waals surface area contributed by atoms with Crippen LogP contribution < -0.4 is 10.6 Å². The number of guanidine groups is 1. The topological polar surface area (TPSA) is 62.5 Å². The minimum atomic E-state index is 0. The maximum atomic E-state index is 5.37. The van der Waals surface area contributed by atoms with E-state index in [4.69, 9.17) is 4.52 Å². The number of aliphatic imine (C=N–C) groups is 1. The summed E-state index contributed by atoms with van der Waals surface area (Å²) in [6, 6.07) is 0. The second-order valence-corrected chi connectivity index (χ2v) is 5.78. The maximum absolute atomic E-state index is 5.37. The molecule has 0 aromatic carbocycles. The second-order valence-electron chi connectivity index (χ2n) is 4.79. The molecule has 1 rings (SSSR count). The molecule has 0 fully saturated rings. The van der Waals surface area contributed by atoms with Crippen LogP contribution >= 0.6 is 35.7 Å². The fraction of sp³-hybridized carbons (Fsp3) is 0.733. The normalized spacial score (nSPS) is 11.2. The molecule has 0 amide bonds. The van der Waals surface area contributed by atoms with E-state index < -0.39 is 0 Å². The fourth-order valence-electron chi connectivity index (χ4n) is 2.11. The van der Waals surface area contributed by atoms with Crippen molar-refractivity contribution in [1.29, 1.82) is 0 Å². The number of hydrogen-bond acceptors (Lipinski definition) is 4. The summed E-state index contributed by atoms with van der Waals surface area (Å²) in [5, 5.41) is 10.8. The highest BCUT2D eigenvalue weighted by Crippen LogP contribution is 2.15. The molecule has 0 unspecified atom stereocenters. The van der Waals surface area contributed by atoms with Gasteiger partial charge in [0.2, 0.25) is 0 Å². The van der Waals surface area contributed by atoms with Gasteiger partial charge in [0.25, 0.3) is 0 Å². The van der Waals surface area contributed by atoms with Crippen molar-refractivity contribution in [3.05, 3.63) is 17.0 Å². The minimum Gasteiger partial charge on any atom is -0.361 e. The molecule has 0 spiro atoms. The molecule has 0 saturated heterocycles. The van der Waals surface area contributed by atoms with Crippen LogP contribution in [0.1, 0.15) is 43.7 Å². The number of halogens is 1. The van der Waals surface area contributed by atoms with Gasteiger partial charge in [0.15, 0.2) is 5.96 Å². The van der Waals surface area contributed by atoms with Gasteiger partial charge in [-0.15, -0.1) is 24.0 Å². The summed E-state index contributed by atoms with van der Waals surface area (Å²) in [6.45, 7) is 5.84. The molecular formula is C15H29IN4OS. The van der Waals surface area contributed by atoms with Crippen molar-refractivity contribution in [2.75, 3.05) is 25.6 Å². The molecule has 1 aromatic heterocycles. The lowest BCUT2D eigenvalue weighted by Crippen LogP contribution is -2.37. The van der Waals surface area contributed by atoms with Crippen LogP contribution in [0, 0.1) is 0 Å². The second kappa shape index (κ2) is 13.0. The monoisotopic (exact) mass is 440 g/mol. The lowest BCUT2D eigenvalue weighted by atomic mass is 10.1. The molecule has 128 valence electrons. The van der Waals surface area contributed by atoms with Crippen molar-refractivity contribution >= 4 is 41.7 Å². The summed E-state index contributed by atoms with van der Waals surface area (Å²) in [6.07, 6.45) is 6.29. The molecule has 0 atom stereocenters. The first-order chi connectivity index (χ1) is 10.3. The van der Waals surface area contributed by atoms with Gasteiger partial charge in [-0.2, -0.15) is 11.8 Å². The smallest absolute Gasteiger partial charge is 0.191 e. The van der Waals surface area contributed by atoms with Crippen molar-refractivity contribution in [2.24, 2.45) is 4.99 Å². The van der Waals surface area contributed by atoms with Gasteiger partial charge >= 0.3 is 0 Å². The highest BCUT2D eigenvalue weighted by molar-refractivity contribution is 14.0. The Morgan fingerprint density at radius 1 is 1.23 bits per heavy atom. The van der Waals surface area contributed by atoms with Gasteiger partial charge in [0.1, 0.15) is 5.76 Å². The Labute approximate surface area is 155 Å². The number of thioether (sulfide) groups is 1. The van der Waals surface area contributed by atoms with Gasteiger partial charge in [-0.1, -0.05) is 19.0 Å². The SMILES string of the molecule is CCc1noc(CC)c1CNC(=NC)NCCCCSC.I. The average molecular weight is 440 g/mol. The van der Waals surface area contributed by atoms with E-state index in [-0.39, 0.29) is 24.0 Å². The molecule has 0 aliphatic rings. The Kier molecular flexibility index (Phi) is 12.8. The molecule has 0 aliphatic carbocycles. The third-order valence-electron chi connectivity index (χ3n) is 3.33. The molecule has 5 nitrogen and oxygen atoms in total. The van der Waals surface area contributed by atoms with Crippen LogP contribution in [0.5, 0.6) is 0 Å². The van der Waals surface area contributed by atoms with Gasteiger partial charge in [-0.3, -0.25) is 4.99 Å². The van der Waals surface area contributed by atoms with Gasteiger partial charge in [0.05, 0.1) is 5.69 Å². The summed E-state index contributed by atoms with van der Waals surface area (Å²) >= 11 is 1.89. The molecule has 22 heavy (non-hydrogen) atoms. The number of unbranched alkanes of at least 4 members (excludes halogenated alkanes) is 1. The van der Waals surface area contributed by atoms with Gasteiger partial charge < -0.3 is 15.2 Å². The van der Waals surface area contributed by atoms with E-state index in [1.807, 2.05) is 11.8 Å². The predicted molar refractivity (Wildman–Crippen MR) is 106 cm³/mol. The fourth-order valence-corrected chi connectivity index (χ4v) is 2.60. The molecule has 7 heteroatoms. The molecule has 1 aromatic rings. The third-order valence-corrected chi connectivity index (χ3v) is 4.03. The number of nitrogens with one attached hydrogen (secondary N) is 2. The zero-order valence-electron chi connectivity index (χ0n) is 14.1. The number of aryl methyl sites for hydroxylation is 2. The summed E-state index contributed by atoms with van der Waals surface area (Å²) < 4.78 is 5.37. The van der Waals surface area contributed by atoms with E-state index in [9.17, 15) is 0 Å². The lowest BCUT2D eigenvalue weighted by molar-refractivity contribution is 0.380. The standard InChI is InChI=1S/C15H28N4OS.HI/c1-5-13-12(14(6-2)20-19-13)11-18-15(16-3)17-9-7-8-10-21-4;/h5-11H2,1-4H3,(H2,16,17,18);1H. The van der Waals surface area contributed by atoms with Crippen LogP contribution in [0.15, 0.2) is 9.52 Å². The zero-order valence-corrected chi connectivity index (χ0v) is 17.2. The molecule has 0 aliphatic heterocycles. The van der Waals surface area contributed by atoms with Crippen molar-refractivity contribution < 1.29 is 4.52 Å². The van der Waals surface area contributed by atoms with Crippen molar-refractivity contribution in [1.82, 2.24) is 15.8 Å². The first kappa shape index (κ1) is 21.6. The van der Waals surface area contributed by atoms with E-state index in [2.05, 4.69) is 40.9 Å². The Morgan fingerprint density at radius 2 is 2.00 bits per heavy atom. The van der Waals surface area contributed by atoms with Gasteiger partial charge in [-0.25, -0.2) is 0 Å². The molecule has 0 bridgehead atoms. The number of aromatic nitrogens is 1. The lowest BCUT2D eigenvalue weighted by Gasteiger charge is -2.12. The molecule has 2 N–H and O–H groups in total. The largest absolute Gasteiger partial charge is 0.361 e. The zero-order chi connectivity index (χ0) is 15.5. The molecule has 0 saturated carbocycles. The van der Waals surface area contributed by atoms with Crippen LogP contribution in [0.3, 0.4) is 0 Å². The van der Waals surface area contributed by atoms with Crippen LogP contribution in [-0.2, 0) is 19.4 Å². The van der Waals surface area contributed by atoms with E-state index in [1.165, 1.54) is 17.7 Å². The Morgan fingerprint density at radius 3 is 2.59 bits per heavy atom. The summed E-state index contributed by atoms with van der Waals surface area (Å²) in [4.78, 5) is 4.25. The third kappa shape index (κ3) is 7.21. The average Bonchev–Trinajstić information content (AvgIpc) is 2.92. The van der Waals surface area contributed by atoms with E-state index in [0.717, 1.165) is 43.2 Å². The van der Waals surface area contributed by atoms with Crippen LogP contribution in [-0.4, -0.2) is 36.7 Å². The number of rotatable bonds is 9. The van der Waals surface area contributed by atoms with E-state index in [0.29, 0.717) is 6.54 Å². The Bertz CT molecular complexity index is 416. The molecular weight excluding hydrogens is 411 g/mol. The number of nitrogens with zero attached hydrogens (tertiary/aromatic N) is 2. The van der Waals surface area contributed by atoms with Crippen LogP contribution in [0.4, 0.5) is 0 Å². The Hall–Kier alpha value is -0.440. The Balaban J connectivity index is 0.00000441. The van der Waals surface area contributed by atoms with Gasteiger partial charge in [0, 0.05) is 32.1 Å². The van der Waals surface area contributed by atoms with Crippen molar-refractivity contribution in [2.45, 2.75) is 46.1 Å². The highest BCUT2D eigenvalue weighted by atomic mass is 127. The molecule has 1 heterocycles. The highest BCUT2D eigenvalue weighted by Gasteiger charge is 2.13. The number of hydrogen-bond donors (Lipinski definition) is 2. The first-order valence-corrected chi connectivity index (χ1v) is 9.05. The maximum Gasteiger partial charge on any atom is 0.191 e. The van der Waals surface area contributed by atoms with E-state index >= 15 is 0 Å². The molecule has 0 radical (unpaired) electrons. The first-order valence-electron chi connectivity index (χ1n) is 7.66. The minimum absolute atomic E-state index is 0. The quantitative estimate of drug-likeness (QED) is 0.267. The van der Waals surface area contributed by atoms with Crippen LogP contribution in [0.25, 0.3) is 0 Å². The van der Waals surface area contributed by atoms with Crippen LogP contribution in [0.2, 0.25) is 0 Å². The van der Waals surface area contributed by atoms with Crippen molar-refractivity contribution in [3.63, 3.8) is 0 Å². The van der Waals surface area contributed by atoms with E-state index in [1.54, 1.807) is 7.05 Å². The summed E-state index contributed by atoms with van der Waals surface area (Å²) in [5.41, 5.74) is 2.21. The van der Waals surface area contributed by atoms with Gasteiger partial charge in [-0.05, 0) is 31.3 Å². The summed E-state index contributed by atoms with van der Waals surface area (Å²) in [5.74, 6) is 3.02.